The highest BCUT2D eigenvalue weighted by Crippen LogP contribution is 2.33. The molecule has 0 fully saturated rings. The minimum absolute atomic E-state index is 0.205. The van der Waals surface area contributed by atoms with E-state index in [9.17, 15) is 4.79 Å². The molecule has 0 aliphatic carbocycles. The van der Waals surface area contributed by atoms with Crippen LogP contribution in [0.25, 0.3) is 0 Å². The average Bonchev–Trinajstić information content (AvgIpc) is 3.19. The van der Waals surface area contributed by atoms with Crippen molar-refractivity contribution >= 4 is 43.7 Å². The SMILES string of the molecule is CC(=O)N1N=C(c2ccccc2OCc2ccc(Br)cc2)OC1c1cccc(Br)c1. The Morgan fingerprint density at radius 2 is 1.80 bits per heavy atom. The lowest BCUT2D eigenvalue weighted by molar-refractivity contribution is -0.135. The van der Waals surface area contributed by atoms with Gasteiger partial charge in [-0.1, -0.05) is 68.3 Å². The zero-order valence-corrected chi connectivity index (χ0v) is 19.3. The number of hydrogen-bond donors (Lipinski definition) is 0. The fraction of sp³-hybridized carbons (Fsp3) is 0.130. The van der Waals surface area contributed by atoms with E-state index in [2.05, 4.69) is 37.0 Å². The van der Waals surface area contributed by atoms with Crippen LogP contribution >= 0.6 is 31.9 Å². The van der Waals surface area contributed by atoms with E-state index in [1.165, 1.54) is 11.9 Å². The molecule has 1 aliphatic rings. The molecule has 0 aromatic heterocycles. The third-order valence-corrected chi connectivity index (χ3v) is 5.55. The molecule has 0 saturated carbocycles. The maximum absolute atomic E-state index is 12.2. The Morgan fingerprint density at radius 1 is 1.03 bits per heavy atom. The third kappa shape index (κ3) is 4.57. The predicted octanol–water partition coefficient (Wildman–Crippen LogP) is 6.03. The van der Waals surface area contributed by atoms with Crippen LogP contribution in [0.2, 0.25) is 0 Å². The summed E-state index contributed by atoms with van der Waals surface area (Å²) >= 11 is 6.90. The molecule has 4 rings (SSSR count). The predicted molar refractivity (Wildman–Crippen MR) is 122 cm³/mol. The second-order valence-electron chi connectivity index (χ2n) is 6.71. The van der Waals surface area contributed by atoms with E-state index >= 15 is 0 Å². The second-order valence-corrected chi connectivity index (χ2v) is 8.54. The van der Waals surface area contributed by atoms with Crippen LogP contribution in [0.3, 0.4) is 0 Å². The molecule has 1 atom stereocenters. The van der Waals surface area contributed by atoms with Gasteiger partial charge in [0.05, 0.1) is 5.56 Å². The van der Waals surface area contributed by atoms with Gasteiger partial charge in [-0.3, -0.25) is 4.79 Å². The molecule has 1 aliphatic heterocycles. The van der Waals surface area contributed by atoms with Crippen LogP contribution in [0.4, 0.5) is 0 Å². The Labute approximate surface area is 191 Å². The highest BCUT2D eigenvalue weighted by Gasteiger charge is 2.34. The molecule has 3 aromatic carbocycles. The molecule has 30 heavy (non-hydrogen) atoms. The van der Waals surface area contributed by atoms with E-state index in [1.807, 2.05) is 72.8 Å². The van der Waals surface area contributed by atoms with Crippen LogP contribution in [0.15, 0.2) is 86.8 Å². The maximum Gasteiger partial charge on any atom is 0.244 e. The van der Waals surface area contributed by atoms with Gasteiger partial charge in [0, 0.05) is 21.4 Å². The first-order valence-corrected chi connectivity index (χ1v) is 10.9. The van der Waals surface area contributed by atoms with Gasteiger partial charge in [-0.15, -0.1) is 5.10 Å². The lowest BCUT2D eigenvalue weighted by atomic mass is 10.2. The van der Waals surface area contributed by atoms with Crippen molar-refractivity contribution in [1.82, 2.24) is 5.01 Å². The largest absolute Gasteiger partial charge is 0.488 e. The van der Waals surface area contributed by atoms with Gasteiger partial charge in [-0.05, 0) is 42.0 Å². The zero-order chi connectivity index (χ0) is 21.1. The normalized spacial score (nSPS) is 15.5. The molecule has 0 radical (unpaired) electrons. The lowest BCUT2D eigenvalue weighted by Gasteiger charge is -2.19. The summed E-state index contributed by atoms with van der Waals surface area (Å²) in [6, 6.07) is 23.1. The van der Waals surface area contributed by atoms with E-state index in [-0.39, 0.29) is 5.91 Å². The third-order valence-electron chi connectivity index (χ3n) is 4.53. The van der Waals surface area contributed by atoms with E-state index < -0.39 is 6.23 Å². The molecule has 1 amide bonds. The molecule has 0 N–H and O–H groups in total. The standard InChI is InChI=1S/C23H18Br2N2O3/c1-15(28)27-23(17-5-4-6-19(25)13-17)30-22(26-27)20-7-2-3-8-21(20)29-14-16-9-11-18(24)12-10-16/h2-13,23H,14H2,1H3. The molecule has 3 aromatic rings. The molecule has 1 unspecified atom stereocenters. The van der Waals surface area contributed by atoms with Gasteiger partial charge >= 0.3 is 0 Å². The van der Waals surface area contributed by atoms with Gasteiger partial charge in [0.15, 0.2) is 0 Å². The molecule has 1 heterocycles. The Hall–Kier alpha value is -2.64. The van der Waals surface area contributed by atoms with Crippen molar-refractivity contribution in [2.75, 3.05) is 0 Å². The maximum atomic E-state index is 12.2. The number of benzene rings is 3. The Kier molecular flexibility index (Phi) is 6.20. The Morgan fingerprint density at radius 3 is 2.53 bits per heavy atom. The molecule has 5 nitrogen and oxygen atoms in total. The van der Waals surface area contributed by atoms with Gasteiger partial charge < -0.3 is 9.47 Å². The zero-order valence-electron chi connectivity index (χ0n) is 16.1. The van der Waals surface area contributed by atoms with E-state index in [4.69, 9.17) is 9.47 Å². The van der Waals surface area contributed by atoms with E-state index in [0.717, 1.165) is 20.1 Å². The topological polar surface area (TPSA) is 51.1 Å². The summed E-state index contributed by atoms with van der Waals surface area (Å²) in [6.45, 7) is 1.87. The number of para-hydroxylation sites is 1. The number of hydrazone groups is 1. The van der Waals surface area contributed by atoms with Gasteiger partial charge in [0.2, 0.25) is 18.0 Å². The highest BCUT2D eigenvalue weighted by atomic mass is 79.9. The van der Waals surface area contributed by atoms with Crippen molar-refractivity contribution in [3.63, 3.8) is 0 Å². The van der Waals surface area contributed by atoms with Gasteiger partial charge in [0.1, 0.15) is 12.4 Å². The number of carbonyl (C=O) groups is 1. The van der Waals surface area contributed by atoms with Crippen molar-refractivity contribution in [1.29, 1.82) is 0 Å². The molecule has 0 saturated heterocycles. The van der Waals surface area contributed by atoms with Gasteiger partial charge in [-0.2, -0.15) is 5.01 Å². The lowest BCUT2D eigenvalue weighted by Crippen LogP contribution is -2.25. The fourth-order valence-corrected chi connectivity index (χ4v) is 3.74. The second kappa shape index (κ2) is 9.02. The summed E-state index contributed by atoms with van der Waals surface area (Å²) in [6.07, 6.45) is -0.630. The average molecular weight is 530 g/mol. The summed E-state index contributed by atoms with van der Waals surface area (Å²) in [7, 11) is 0. The number of carbonyl (C=O) groups excluding carboxylic acids is 1. The van der Waals surface area contributed by atoms with Crippen molar-refractivity contribution in [3.05, 3.63) is 98.4 Å². The van der Waals surface area contributed by atoms with Crippen LogP contribution in [-0.4, -0.2) is 16.8 Å². The minimum atomic E-state index is -0.630. The number of halogens is 2. The quantitative estimate of drug-likeness (QED) is 0.405. The van der Waals surface area contributed by atoms with Crippen LogP contribution in [0, 0.1) is 0 Å². The van der Waals surface area contributed by atoms with Crippen molar-refractivity contribution in [3.8, 4) is 5.75 Å². The summed E-state index contributed by atoms with van der Waals surface area (Å²) in [4.78, 5) is 12.2. The fourth-order valence-electron chi connectivity index (χ4n) is 3.06. The Balaban J connectivity index is 1.59. The van der Waals surface area contributed by atoms with Gasteiger partial charge in [-0.25, -0.2) is 0 Å². The van der Waals surface area contributed by atoms with Crippen molar-refractivity contribution in [2.24, 2.45) is 5.10 Å². The first-order chi connectivity index (χ1) is 14.5. The Bertz CT molecular complexity index is 1100. The number of amides is 1. The summed E-state index contributed by atoms with van der Waals surface area (Å²) in [5.41, 5.74) is 2.56. The smallest absolute Gasteiger partial charge is 0.244 e. The summed E-state index contributed by atoms with van der Waals surface area (Å²) < 4.78 is 14.1. The first-order valence-electron chi connectivity index (χ1n) is 9.28. The summed E-state index contributed by atoms with van der Waals surface area (Å²) in [5, 5.41) is 5.80. The van der Waals surface area contributed by atoms with Gasteiger partial charge in [0.25, 0.3) is 0 Å². The van der Waals surface area contributed by atoms with Crippen molar-refractivity contribution < 1.29 is 14.3 Å². The molecule has 0 bridgehead atoms. The highest BCUT2D eigenvalue weighted by molar-refractivity contribution is 9.10. The molecular weight excluding hydrogens is 512 g/mol. The molecule has 7 heteroatoms. The van der Waals surface area contributed by atoms with Crippen LogP contribution < -0.4 is 4.74 Å². The van der Waals surface area contributed by atoms with Crippen LogP contribution in [-0.2, 0) is 16.1 Å². The van der Waals surface area contributed by atoms with Crippen molar-refractivity contribution in [2.45, 2.75) is 19.8 Å². The monoisotopic (exact) mass is 528 g/mol. The van der Waals surface area contributed by atoms with Crippen LogP contribution in [0.1, 0.15) is 29.8 Å². The molecule has 0 spiro atoms. The number of rotatable bonds is 5. The van der Waals surface area contributed by atoms with E-state index in [0.29, 0.717) is 23.8 Å². The minimum Gasteiger partial charge on any atom is -0.488 e. The number of ether oxygens (including phenoxy) is 2. The summed E-state index contributed by atoms with van der Waals surface area (Å²) in [5.74, 6) is 0.780. The number of nitrogens with zero attached hydrogens (tertiary/aromatic N) is 2. The molecular formula is C23H18Br2N2O3. The molecule has 152 valence electrons. The first kappa shape index (κ1) is 20.6. The van der Waals surface area contributed by atoms with Crippen LogP contribution in [0.5, 0.6) is 5.75 Å². The number of hydrogen-bond acceptors (Lipinski definition) is 4. The van der Waals surface area contributed by atoms with E-state index in [1.54, 1.807) is 0 Å².